The van der Waals surface area contributed by atoms with Crippen LogP contribution in [0, 0.1) is 0 Å². The Balaban J connectivity index is 0.959. The van der Waals surface area contributed by atoms with Gasteiger partial charge in [-0.25, -0.2) is 9.97 Å². The lowest BCUT2D eigenvalue weighted by Gasteiger charge is -2.13. The van der Waals surface area contributed by atoms with E-state index in [1.807, 2.05) is 47.7 Å². The predicted molar refractivity (Wildman–Crippen MR) is 256 cm³/mol. The monoisotopic (exact) mass is 794 g/mol. The molecular formula is C56H34N4S. The molecule has 5 aromatic heterocycles. The van der Waals surface area contributed by atoms with Gasteiger partial charge < -0.3 is 0 Å². The molecule has 0 radical (unpaired) electrons. The molecular weight excluding hydrogens is 761 g/mol. The van der Waals surface area contributed by atoms with Crippen LogP contribution in [0.3, 0.4) is 0 Å². The summed E-state index contributed by atoms with van der Waals surface area (Å²) in [6.45, 7) is 0. The Morgan fingerprint density at radius 3 is 1.70 bits per heavy atom. The van der Waals surface area contributed by atoms with Gasteiger partial charge >= 0.3 is 0 Å². The molecule has 5 heteroatoms. The summed E-state index contributed by atoms with van der Waals surface area (Å²) in [5.74, 6) is 0. The minimum atomic E-state index is 0.810. The van der Waals surface area contributed by atoms with E-state index in [1.165, 1.54) is 58.2 Å². The number of fused-ring (bicyclic) bond motifs is 8. The van der Waals surface area contributed by atoms with Gasteiger partial charge in [0.25, 0.3) is 0 Å². The Morgan fingerprint density at radius 1 is 0.344 bits per heavy atom. The van der Waals surface area contributed by atoms with Crippen LogP contribution in [-0.2, 0) is 0 Å². The fourth-order valence-electron chi connectivity index (χ4n) is 8.83. The first-order valence-corrected chi connectivity index (χ1v) is 21.3. The van der Waals surface area contributed by atoms with Crippen molar-refractivity contribution in [1.82, 2.24) is 19.9 Å². The smallest absolute Gasteiger partial charge is 0.0900 e. The van der Waals surface area contributed by atoms with Gasteiger partial charge in [0.1, 0.15) is 0 Å². The lowest BCUT2D eigenvalue weighted by molar-refractivity contribution is 1.22. The molecule has 0 fully saturated rings. The average molecular weight is 795 g/mol. The zero-order valence-electron chi connectivity index (χ0n) is 32.8. The van der Waals surface area contributed by atoms with Crippen molar-refractivity contribution >= 4 is 64.0 Å². The summed E-state index contributed by atoms with van der Waals surface area (Å²) in [5, 5.41) is 8.74. The van der Waals surface area contributed by atoms with E-state index in [2.05, 4.69) is 168 Å². The maximum Gasteiger partial charge on any atom is 0.0900 e. The Hall–Kier alpha value is -7.86. The maximum absolute atomic E-state index is 5.47. The van der Waals surface area contributed by atoms with Gasteiger partial charge in [0.2, 0.25) is 0 Å². The Morgan fingerprint density at radius 2 is 0.967 bits per heavy atom. The third-order valence-electron chi connectivity index (χ3n) is 11.8. The van der Waals surface area contributed by atoms with Gasteiger partial charge in [-0.05, 0) is 122 Å². The minimum Gasteiger partial charge on any atom is -0.255 e. The van der Waals surface area contributed by atoms with Crippen LogP contribution in [0.15, 0.2) is 207 Å². The highest BCUT2D eigenvalue weighted by Gasteiger charge is 2.19. The summed E-state index contributed by atoms with van der Waals surface area (Å²) in [5.41, 5.74) is 13.2. The van der Waals surface area contributed by atoms with Gasteiger partial charge in [-0.15, -0.1) is 11.3 Å². The molecule has 0 saturated carbocycles. The molecule has 0 aliphatic carbocycles. The lowest BCUT2D eigenvalue weighted by atomic mass is 9.92. The van der Waals surface area contributed by atoms with Crippen molar-refractivity contribution in [3.05, 3.63) is 207 Å². The van der Waals surface area contributed by atoms with Crippen molar-refractivity contribution in [2.75, 3.05) is 0 Å². The lowest BCUT2D eigenvalue weighted by Crippen LogP contribution is -1.94. The quantitative estimate of drug-likeness (QED) is 0.157. The van der Waals surface area contributed by atoms with E-state index in [4.69, 9.17) is 9.97 Å². The van der Waals surface area contributed by atoms with E-state index in [0.717, 1.165) is 61.8 Å². The minimum absolute atomic E-state index is 0.810. The number of benzene rings is 7. The van der Waals surface area contributed by atoms with Crippen molar-refractivity contribution in [3.63, 3.8) is 0 Å². The average Bonchev–Trinajstić information content (AvgIpc) is 3.74. The van der Waals surface area contributed by atoms with Crippen molar-refractivity contribution in [1.29, 1.82) is 0 Å². The zero-order chi connectivity index (χ0) is 40.3. The number of pyridine rings is 4. The van der Waals surface area contributed by atoms with Crippen molar-refractivity contribution in [2.24, 2.45) is 0 Å². The summed E-state index contributed by atoms with van der Waals surface area (Å²) >= 11 is 1.83. The van der Waals surface area contributed by atoms with E-state index in [-0.39, 0.29) is 0 Å². The molecule has 0 amide bonds. The van der Waals surface area contributed by atoms with E-state index >= 15 is 0 Å². The topological polar surface area (TPSA) is 51.6 Å². The van der Waals surface area contributed by atoms with Gasteiger partial charge in [-0.2, -0.15) is 0 Å². The first-order valence-electron chi connectivity index (χ1n) is 20.4. The van der Waals surface area contributed by atoms with Crippen molar-refractivity contribution in [3.8, 4) is 67.4 Å². The standard InChI is InChI=1S/C56H34N4S/c1-2-15-42-38(12-1)31-46(44-17-4-3-16-43(42)44)39-26-27-48-47(32-39)54-45-18-5-6-21-53(45)61-56(54)55(60-48)40-14-11-13-37(30-40)35-22-24-36(25-23-35)41-33-51(49-19-7-9-28-57-49)59-52(34-41)50-20-8-10-29-58-50/h1-34H. The molecule has 0 aliphatic rings. The summed E-state index contributed by atoms with van der Waals surface area (Å²) in [7, 11) is 0. The molecule has 0 saturated heterocycles. The molecule has 7 aromatic carbocycles. The SMILES string of the molecule is c1ccc(-c2cc(-c3ccc(-c4cccc(-c5nc6ccc(-c7cc8ccccc8c8ccccc78)cc6c6c5sc5ccccc56)c4)cc3)cc(-c3ccccn3)n2)nc1. The number of hydrogen-bond donors (Lipinski definition) is 0. The normalized spacial score (nSPS) is 11.6. The fourth-order valence-corrected chi connectivity index (χ4v) is 10.1. The molecule has 61 heavy (non-hydrogen) atoms. The molecule has 0 unspecified atom stereocenters. The predicted octanol–water partition coefficient (Wildman–Crippen LogP) is 15.1. The molecule has 0 spiro atoms. The van der Waals surface area contributed by atoms with Gasteiger partial charge in [0.05, 0.1) is 38.7 Å². The van der Waals surface area contributed by atoms with E-state index in [0.29, 0.717) is 0 Å². The van der Waals surface area contributed by atoms with Crippen LogP contribution in [0.5, 0.6) is 0 Å². The van der Waals surface area contributed by atoms with Crippen LogP contribution >= 0.6 is 11.3 Å². The van der Waals surface area contributed by atoms with Crippen LogP contribution in [0.25, 0.3) is 120 Å². The molecule has 5 heterocycles. The number of aromatic nitrogens is 4. The highest BCUT2D eigenvalue weighted by atomic mass is 32.1. The van der Waals surface area contributed by atoms with Gasteiger partial charge in [-0.1, -0.05) is 127 Å². The zero-order valence-corrected chi connectivity index (χ0v) is 33.6. The van der Waals surface area contributed by atoms with Crippen LogP contribution in [0.2, 0.25) is 0 Å². The maximum atomic E-state index is 5.47. The Kier molecular flexibility index (Phi) is 8.32. The molecule has 12 aromatic rings. The Labute approximate surface area is 356 Å². The summed E-state index contributed by atoms with van der Waals surface area (Å²) in [6, 6.07) is 69.0. The molecule has 0 N–H and O–H groups in total. The largest absolute Gasteiger partial charge is 0.255 e. The van der Waals surface area contributed by atoms with Crippen molar-refractivity contribution in [2.45, 2.75) is 0 Å². The van der Waals surface area contributed by atoms with E-state index in [1.54, 1.807) is 12.4 Å². The summed E-state index contributed by atoms with van der Waals surface area (Å²) in [4.78, 5) is 19.6. The second kappa shape index (κ2) is 14.5. The van der Waals surface area contributed by atoms with E-state index < -0.39 is 0 Å². The van der Waals surface area contributed by atoms with Gasteiger partial charge in [0.15, 0.2) is 0 Å². The molecule has 12 rings (SSSR count). The van der Waals surface area contributed by atoms with Crippen LogP contribution in [0.1, 0.15) is 0 Å². The highest BCUT2D eigenvalue weighted by molar-refractivity contribution is 7.26. The van der Waals surface area contributed by atoms with E-state index in [9.17, 15) is 0 Å². The number of thiophene rings is 1. The summed E-state index contributed by atoms with van der Waals surface area (Å²) < 4.78 is 2.46. The molecule has 0 bridgehead atoms. The number of nitrogens with zero attached hydrogens (tertiary/aromatic N) is 4. The third-order valence-corrected chi connectivity index (χ3v) is 12.9. The highest BCUT2D eigenvalue weighted by Crippen LogP contribution is 2.45. The number of hydrogen-bond acceptors (Lipinski definition) is 5. The first-order chi connectivity index (χ1) is 30.2. The van der Waals surface area contributed by atoms with Crippen LogP contribution in [0.4, 0.5) is 0 Å². The Bertz CT molecular complexity index is 3580. The summed E-state index contributed by atoms with van der Waals surface area (Å²) in [6.07, 6.45) is 3.60. The van der Waals surface area contributed by atoms with Gasteiger partial charge in [-0.3, -0.25) is 9.97 Å². The number of rotatable bonds is 6. The molecule has 0 atom stereocenters. The van der Waals surface area contributed by atoms with Crippen LogP contribution in [-0.4, -0.2) is 19.9 Å². The van der Waals surface area contributed by atoms with Crippen LogP contribution < -0.4 is 0 Å². The van der Waals surface area contributed by atoms with Crippen molar-refractivity contribution < 1.29 is 0 Å². The third kappa shape index (κ3) is 6.14. The molecule has 284 valence electrons. The first kappa shape index (κ1) is 35.1. The second-order valence-corrected chi connectivity index (χ2v) is 16.5. The second-order valence-electron chi connectivity index (χ2n) is 15.4. The fraction of sp³-hybridized carbons (Fsp3) is 0. The van der Waals surface area contributed by atoms with Gasteiger partial charge in [0, 0.05) is 38.8 Å². The molecule has 4 nitrogen and oxygen atoms in total. The molecule has 0 aliphatic heterocycles.